The molecule has 0 radical (unpaired) electrons. The van der Waals surface area contributed by atoms with Gasteiger partial charge in [0.2, 0.25) is 5.91 Å². The summed E-state index contributed by atoms with van der Waals surface area (Å²) < 4.78 is 40.8. The number of nitrogens with one attached hydrogen (secondary N) is 2. The van der Waals surface area contributed by atoms with Crippen molar-refractivity contribution >= 4 is 17.3 Å². The summed E-state index contributed by atoms with van der Waals surface area (Å²) in [5.74, 6) is -0.149. The summed E-state index contributed by atoms with van der Waals surface area (Å²) in [7, 11) is 1.76. The minimum atomic E-state index is -4.43. The van der Waals surface area contributed by atoms with Crippen LogP contribution in [-0.4, -0.2) is 35.3 Å². The molecule has 1 fully saturated rings. The van der Waals surface area contributed by atoms with E-state index in [9.17, 15) is 18.0 Å². The molecule has 1 aromatic heterocycles. The Hall–Kier alpha value is -2.71. The first kappa shape index (κ1) is 17.1. The quantitative estimate of drug-likeness (QED) is 0.883. The van der Waals surface area contributed by atoms with Crippen molar-refractivity contribution in [1.29, 1.82) is 0 Å². The summed E-state index contributed by atoms with van der Waals surface area (Å²) >= 11 is 0. The van der Waals surface area contributed by atoms with Crippen LogP contribution in [0.1, 0.15) is 11.3 Å². The molecule has 134 valence electrons. The van der Waals surface area contributed by atoms with Gasteiger partial charge in [0.1, 0.15) is 0 Å². The Labute approximate surface area is 142 Å². The second-order valence-electron chi connectivity index (χ2n) is 5.80. The first-order valence-corrected chi connectivity index (χ1v) is 7.78. The van der Waals surface area contributed by atoms with Crippen LogP contribution in [0, 0.1) is 0 Å². The van der Waals surface area contributed by atoms with Crippen LogP contribution in [0.5, 0.6) is 0 Å². The monoisotopic (exact) mass is 353 g/mol. The molecular formula is C16H18F3N5O. The maximum absolute atomic E-state index is 13.1. The molecule has 0 atom stereocenters. The minimum Gasteiger partial charge on any atom is -0.378 e. The number of amides is 1. The van der Waals surface area contributed by atoms with Gasteiger partial charge in [-0.2, -0.15) is 18.3 Å². The van der Waals surface area contributed by atoms with Gasteiger partial charge in [0.25, 0.3) is 0 Å². The Morgan fingerprint density at radius 1 is 1.32 bits per heavy atom. The predicted octanol–water partition coefficient (Wildman–Crippen LogP) is 1.99. The van der Waals surface area contributed by atoms with Gasteiger partial charge in [0.15, 0.2) is 0 Å². The predicted molar refractivity (Wildman–Crippen MR) is 87.2 cm³/mol. The van der Waals surface area contributed by atoms with Crippen molar-refractivity contribution in [2.24, 2.45) is 7.05 Å². The lowest BCUT2D eigenvalue weighted by Crippen LogP contribution is -2.47. The van der Waals surface area contributed by atoms with Gasteiger partial charge in [-0.25, -0.2) is 0 Å². The number of aromatic nitrogens is 2. The number of aryl methyl sites for hydroxylation is 1. The van der Waals surface area contributed by atoms with Crippen molar-refractivity contribution in [2.45, 2.75) is 12.7 Å². The van der Waals surface area contributed by atoms with E-state index in [1.807, 2.05) is 0 Å². The molecule has 1 aromatic carbocycles. The lowest BCUT2D eigenvalue weighted by Gasteiger charge is -2.31. The lowest BCUT2D eigenvalue weighted by atomic mass is 10.1. The average Bonchev–Trinajstić information content (AvgIpc) is 2.97. The number of anilines is 2. The molecule has 2 N–H and O–H groups in total. The van der Waals surface area contributed by atoms with Crippen LogP contribution in [0.2, 0.25) is 0 Å². The highest BCUT2D eigenvalue weighted by molar-refractivity contribution is 5.85. The molecule has 3 rings (SSSR count). The van der Waals surface area contributed by atoms with Crippen molar-refractivity contribution in [2.75, 3.05) is 29.9 Å². The molecule has 2 aromatic rings. The summed E-state index contributed by atoms with van der Waals surface area (Å²) in [5.41, 5.74) is 1.01. The average molecular weight is 353 g/mol. The third kappa shape index (κ3) is 3.86. The van der Waals surface area contributed by atoms with Crippen molar-refractivity contribution in [3.8, 4) is 0 Å². The molecule has 1 amide bonds. The molecule has 0 bridgehead atoms. The first-order valence-electron chi connectivity index (χ1n) is 7.78. The van der Waals surface area contributed by atoms with E-state index in [-0.39, 0.29) is 12.5 Å². The highest BCUT2D eigenvalue weighted by atomic mass is 19.4. The minimum absolute atomic E-state index is 0.117. The van der Waals surface area contributed by atoms with Gasteiger partial charge in [0, 0.05) is 26.3 Å². The molecule has 9 heteroatoms. The third-order valence-corrected chi connectivity index (χ3v) is 4.09. The zero-order valence-electron chi connectivity index (χ0n) is 13.6. The molecule has 0 aliphatic carbocycles. The molecule has 6 nitrogen and oxygen atoms in total. The van der Waals surface area contributed by atoms with Crippen LogP contribution in [-0.2, 0) is 24.6 Å². The first-order chi connectivity index (χ1) is 11.8. The topological polar surface area (TPSA) is 62.2 Å². The van der Waals surface area contributed by atoms with E-state index in [1.54, 1.807) is 28.9 Å². The van der Waals surface area contributed by atoms with Gasteiger partial charge in [-0.1, -0.05) is 0 Å². The summed E-state index contributed by atoms with van der Waals surface area (Å²) in [6.45, 7) is 1.44. The summed E-state index contributed by atoms with van der Waals surface area (Å²) in [5, 5.41) is 9.79. The van der Waals surface area contributed by atoms with Crippen molar-refractivity contribution in [1.82, 2.24) is 15.1 Å². The number of halogens is 3. The molecule has 1 aliphatic heterocycles. The van der Waals surface area contributed by atoms with E-state index >= 15 is 0 Å². The number of rotatable bonds is 4. The van der Waals surface area contributed by atoms with E-state index in [1.165, 1.54) is 6.07 Å². The third-order valence-electron chi connectivity index (χ3n) is 4.09. The van der Waals surface area contributed by atoms with E-state index in [0.717, 1.165) is 17.8 Å². The number of benzene rings is 1. The van der Waals surface area contributed by atoms with E-state index in [0.29, 0.717) is 31.0 Å². The smallest absolute Gasteiger partial charge is 0.378 e. The number of carbonyl (C=O) groups excluding carboxylic acids is 1. The molecule has 1 aliphatic rings. The van der Waals surface area contributed by atoms with Gasteiger partial charge in [0.05, 0.1) is 35.7 Å². The van der Waals surface area contributed by atoms with Crippen LogP contribution in [0.15, 0.2) is 30.5 Å². The fraction of sp³-hybridized carbons (Fsp3) is 0.375. The Balaban J connectivity index is 1.90. The number of alkyl halides is 3. The zero-order chi connectivity index (χ0) is 18.0. The van der Waals surface area contributed by atoms with Crippen LogP contribution >= 0.6 is 0 Å². The second-order valence-corrected chi connectivity index (χ2v) is 5.80. The number of hydrogen-bond donors (Lipinski definition) is 2. The lowest BCUT2D eigenvalue weighted by molar-refractivity contribution is -0.137. The maximum atomic E-state index is 13.1. The Morgan fingerprint density at radius 3 is 2.76 bits per heavy atom. The number of nitrogens with zero attached hydrogens (tertiary/aromatic N) is 3. The molecular weight excluding hydrogens is 335 g/mol. The summed E-state index contributed by atoms with van der Waals surface area (Å²) in [6, 6.07) is 5.32. The summed E-state index contributed by atoms with van der Waals surface area (Å²) in [4.78, 5) is 13.4. The fourth-order valence-electron chi connectivity index (χ4n) is 2.73. The van der Waals surface area contributed by atoms with Crippen molar-refractivity contribution in [3.05, 3.63) is 41.7 Å². The molecule has 2 heterocycles. The zero-order valence-corrected chi connectivity index (χ0v) is 13.6. The molecule has 25 heavy (non-hydrogen) atoms. The Morgan fingerprint density at radius 2 is 2.12 bits per heavy atom. The molecule has 1 saturated heterocycles. The fourth-order valence-corrected chi connectivity index (χ4v) is 2.73. The molecule has 0 unspecified atom stereocenters. The SMILES string of the molecule is Cn1nccc1CNc1cc(C(F)(F)F)ccc1N1CCNC(=O)C1. The van der Waals surface area contributed by atoms with Gasteiger partial charge in [-0.15, -0.1) is 0 Å². The highest BCUT2D eigenvalue weighted by Gasteiger charge is 2.31. The van der Waals surface area contributed by atoms with Gasteiger partial charge in [-0.05, 0) is 24.3 Å². The normalized spacial score (nSPS) is 15.2. The maximum Gasteiger partial charge on any atom is 0.416 e. The van der Waals surface area contributed by atoms with Crippen LogP contribution in [0.4, 0.5) is 24.5 Å². The number of hydrogen-bond acceptors (Lipinski definition) is 4. The number of carbonyl (C=O) groups is 1. The summed E-state index contributed by atoms with van der Waals surface area (Å²) in [6.07, 6.45) is -2.81. The van der Waals surface area contributed by atoms with Gasteiger partial charge in [-0.3, -0.25) is 9.48 Å². The van der Waals surface area contributed by atoms with Crippen molar-refractivity contribution in [3.63, 3.8) is 0 Å². The van der Waals surface area contributed by atoms with E-state index in [4.69, 9.17) is 0 Å². The van der Waals surface area contributed by atoms with Crippen LogP contribution in [0.3, 0.4) is 0 Å². The largest absolute Gasteiger partial charge is 0.416 e. The van der Waals surface area contributed by atoms with Gasteiger partial charge < -0.3 is 15.5 Å². The molecule has 0 saturated carbocycles. The van der Waals surface area contributed by atoms with E-state index in [2.05, 4.69) is 15.7 Å². The second kappa shape index (κ2) is 6.66. The highest BCUT2D eigenvalue weighted by Crippen LogP contribution is 2.35. The van der Waals surface area contributed by atoms with Gasteiger partial charge >= 0.3 is 6.18 Å². The Bertz CT molecular complexity index is 771. The molecule has 0 spiro atoms. The van der Waals surface area contributed by atoms with Crippen molar-refractivity contribution < 1.29 is 18.0 Å². The Kier molecular flexibility index (Phi) is 4.56. The van der Waals surface area contributed by atoms with Crippen LogP contribution < -0.4 is 15.5 Å². The number of piperazine rings is 1. The van der Waals surface area contributed by atoms with E-state index < -0.39 is 11.7 Å². The van der Waals surface area contributed by atoms with Crippen LogP contribution in [0.25, 0.3) is 0 Å². The standard InChI is InChI=1S/C16H18F3N5O/c1-23-12(4-5-22-23)9-21-13-8-11(16(17,18)19)2-3-14(13)24-7-6-20-15(25)10-24/h2-5,8,21H,6-7,9-10H2,1H3,(H,20,25).